The number of Topliss-reactive ketones (excluding diaryl/α,β-unsaturated/α-hetero) is 1. The third-order valence-corrected chi connectivity index (χ3v) is 7.57. The molecular formula is C26H22F2N2O3S. The van der Waals surface area contributed by atoms with Crippen molar-refractivity contribution in [2.45, 2.75) is 31.2 Å². The number of benzene rings is 2. The number of carbonyl (C=O) groups is 2. The number of halogens is 2. The number of fused-ring (bicyclic) bond motifs is 1. The number of thiazole rings is 1. The third kappa shape index (κ3) is 4.03. The Morgan fingerprint density at radius 1 is 1.12 bits per heavy atom. The Morgan fingerprint density at radius 3 is 2.59 bits per heavy atom. The quantitative estimate of drug-likeness (QED) is 0.464. The highest BCUT2D eigenvalue weighted by Gasteiger charge is 2.47. The lowest BCUT2D eigenvalue weighted by Gasteiger charge is -2.35. The van der Waals surface area contributed by atoms with Crippen LogP contribution in [0.5, 0.6) is 0 Å². The number of rotatable bonds is 6. The molecule has 5 nitrogen and oxygen atoms in total. The molecule has 0 spiro atoms. The monoisotopic (exact) mass is 480 g/mol. The van der Waals surface area contributed by atoms with Gasteiger partial charge in [-0.05, 0) is 30.0 Å². The van der Waals surface area contributed by atoms with E-state index >= 15 is 0 Å². The zero-order valence-electron chi connectivity index (χ0n) is 18.1. The molecule has 3 atom stereocenters. The van der Waals surface area contributed by atoms with Crippen LogP contribution in [-0.4, -0.2) is 27.4 Å². The molecule has 0 amide bonds. The van der Waals surface area contributed by atoms with Crippen molar-refractivity contribution >= 4 is 44.0 Å². The second-order valence-corrected chi connectivity index (χ2v) is 9.79. The summed E-state index contributed by atoms with van der Waals surface area (Å²) >= 11 is 1.06. The molecular weight excluding hydrogens is 458 g/mol. The number of anilines is 1. The highest BCUT2D eigenvalue weighted by Crippen LogP contribution is 2.41. The zero-order chi connectivity index (χ0) is 23.9. The molecule has 5 rings (SSSR count). The van der Waals surface area contributed by atoms with E-state index in [-0.39, 0.29) is 22.9 Å². The van der Waals surface area contributed by atoms with Gasteiger partial charge in [-0.15, -0.1) is 0 Å². The van der Waals surface area contributed by atoms with Gasteiger partial charge in [-0.3, -0.25) is 9.59 Å². The summed E-state index contributed by atoms with van der Waals surface area (Å²) in [6.07, 6.45) is 7.47. The molecule has 2 N–H and O–H groups in total. The van der Waals surface area contributed by atoms with Crippen molar-refractivity contribution in [1.82, 2.24) is 4.98 Å². The normalized spacial score (nSPS) is 24.2. The molecule has 2 aliphatic carbocycles. The summed E-state index contributed by atoms with van der Waals surface area (Å²) in [5.74, 6) is -4.03. The standard InChI is InChI=1S/C26H22F2N2O3S/c27-17-13-20(28)22-21(14-17)34-25(29-22)30-26(23(31)18-7-4-8-19(18)24(32)33)11-9-16(10-12-26)15-5-2-1-3-6-15/h1-3,5-6,9-11,13-14,18-19H,4,7-8,12H2,(H,29,30)(H,32,33)/t18-,19-,26?/m0/s1. The van der Waals surface area contributed by atoms with Gasteiger partial charge in [0, 0.05) is 18.4 Å². The number of ketones is 1. The summed E-state index contributed by atoms with van der Waals surface area (Å²) in [7, 11) is 0. The predicted octanol–water partition coefficient (Wildman–Crippen LogP) is 5.84. The number of allylic oxidation sites excluding steroid dienone is 2. The average molecular weight is 481 g/mol. The predicted molar refractivity (Wildman–Crippen MR) is 128 cm³/mol. The molecule has 0 aliphatic heterocycles. The lowest BCUT2D eigenvalue weighted by Crippen LogP contribution is -2.49. The number of aliphatic carboxylic acids is 1. The second kappa shape index (κ2) is 8.76. The summed E-state index contributed by atoms with van der Waals surface area (Å²) in [5.41, 5.74) is 0.747. The van der Waals surface area contributed by atoms with Gasteiger partial charge in [0.2, 0.25) is 0 Å². The van der Waals surface area contributed by atoms with Gasteiger partial charge in [-0.2, -0.15) is 0 Å². The van der Waals surface area contributed by atoms with E-state index in [4.69, 9.17) is 0 Å². The minimum Gasteiger partial charge on any atom is -0.481 e. The van der Waals surface area contributed by atoms with Crippen LogP contribution in [0, 0.1) is 23.5 Å². The number of carboxylic acids is 1. The van der Waals surface area contributed by atoms with E-state index in [0.717, 1.165) is 28.5 Å². The van der Waals surface area contributed by atoms with E-state index in [1.807, 2.05) is 42.5 Å². The van der Waals surface area contributed by atoms with Crippen molar-refractivity contribution in [1.29, 1.82) is 0 Å². The lowest BCUT2D eigenvalue weighted by atomic mass is 9.76. The van der Waals surface area contributed by atoms with Crippen LogP contribution in [0.25, 0.3) is 15.8 Å². The summed E-state index contributed by atoms with van der Waals surface area (Å²) in [4.78, 5) is 29.9. The highest BCUT2D eigenvalue weighted by atomic mass is 32.1. The molecule has 34 heavy (non-hydrogen) atoms. The maximum absolute atomic E-state index is 14.2. The fourth-order valence-electron chi connectivity index (χ4n) is 4.92. The van der Waals surface area contributed by atoms with Crippen molar-refractivity contribution in [2.75, 3.05) is 5.32 Å². The molecule has 1 unspecified atom stereocenters. The van der Waals surface area contributed by atoms with Crippen molar-refractivity contribution in [3.63, 3.8) is 0 Å². The molecule has 2 aliphatic rings. The summed E-state index contributed by atoms with van der Waals surface area (Å²) in [6, 6.07) is 11.7. The molecule has 1 fully saturated rings. The van der Waals surface area contributed by atoms with Gasteiger partial charge >= 0.3 is 5.97 Å². The average Bonchev–Trinajstić information content (AvgIpc) is 3.47. The Balaban J connectivity index is 1.52. The molecule has 8 heteroatoms. The topological polar surface area (TPSA) is 79.3 Å². The van der Waals surface area contributed by atoms with Crippen molar-refractivity contribution < 1.29 is 23.5 Å². The van der Waals surface area contributed by atoms with E-state index < -0.39 is 35.0 Å². The van der Waals surface area contributed by atoms with E-state index in [0.29, 0.717) is 24.0 Å². The van der Waals surface area contributed by atoms with E-state index in [1.165, 1.54) is 6.07 Å². The molecule has 1 saturated carbocycles. The lowest BCUT2D eigenvalue weighted by molar-refractivity contribution is -0.146. The highest BCUT2D eigenvalue weighted by molar-refractivity contribution is 7.22. The van der Waals surface area contributed by atoms with Gasteiger partial charge in [0.15, 0.2) is 16.7 Å². The summed E-state index contributed by atoms with van der Waals surface area (Å²) in [5, 5.41) is 13.1. The first-order valence-corrected chi connectivity index (χ1v) is 11.9. The Morgan fingerprint density at radius 2 is 1.88 bits per heavy atom. The zero-order valence-corrected chi connectivity index (χ0v) is 18.9. The van der Waals surface area contributed by atoms with Gasteiger partial charge < -0.3 is 10.4 Å². The van der Waals surface area contributed by atoms with Crippen LogP contribution >= 0.6 is 11.3 Å². The van der Waals surface area contributed by atoms with Gasteiger partial charge in [0.25, 0.3) is 0 Å². The molecule has 2 aromatic carbocycles. The molecule has 174 valence electrons. The fourth-order valence-corrected chi connectivity index (χ4v) is 5.91. The third-order valence-electron chi connectivity index (χ3n) is 6.65. The maximum Gasteiger partial charge on any atom is 0.307 e. The molecule has 1 heterocycles. The van der Waals surface area contributed by atoms with Gasteiger partial charge in [-0.25, -0.2) is 13.8 Å². The molecule has 0 radical (unpaired) electrons. The van der Waals surface area contributed by atoms with Crippen LogP contribution in [0.15, 0.2) is 60.7 Å². The Bertz CT molecular complexity index is 1330. The summed E-state index contributed by atoms with van der Waals surface area (Å²) in [6.45, 7) is 0. The molecule has 0 bridgehead atoms. The first kappa shape index (κ1) is 22.4. The van der Waals surface area contributed by atoms with Gasteiger partial charge in [0.05, 0.1) is 10.6 Å². The minimum atomic E-state index is -1.23. The van der Waals surface area contributed by atoms with Crippen LogP contribution in [0.1, 0.15) is 31.2 Å². The number of aromatic nitrogens is 1. The Hall–Kier alpha value is -3.39. The SMILES string of the molecule is O=C(O)[C@H]1CCC[C@@H]1C(=O)C1(Nc2nc3c(F)cc(F)cc3s2)C=CC(c2ccccc2)=CC1. The minimum absolute atomic E-state index is 0.0288. The van der Waals surface area contributed by atoms with Crippen LogP contribution in [0.4, 0.5) is 13.9 Å². The largest absolute Gasteiger partial charge is 0.481 e. The van der Waals surface area contributed by atoms with Crippen LogP contribution in [0.3, 0.4) is 0 Å². The van der Waals surface area contributed by atoms with Crippen molar-refractivity contribution in [3.05, 3.63) is 77.9 Å². The number of hydrogen-bond acceptors (Lipinski definition) is 5. The van der Waals surface area contributed by atoms with E-state index in [2.05, 4.69) is 10.3 Å². The van der Waals surface area contributed by atoms with Crippen LogP contribution in [0.2, 0.25) is 0 Å². The maximum atomic E-state index is 14.2. The first-order valence-electron chi connectivity index (χ1n) is 11.1. The molecule has 3 aromatic rings. The number of carboxylic acid groups (broad SMARTS) is 1. The number of carbonyl (C=O) groups excluding carboxylic acids is 1. The smallest absolute Gasteiger partial charge is 0.307 e. The Kier molecular flexibility index (Phi) is 5.77. The van der Waals surface area contributed by atoms with E-state index in [9.17, 15) is 23.5 Å². The molecule has 0 saturated heterocycles. The van der Waals surface area contributed by atoms with E-state index in [1.54, 1.807) is 6.08 Å². The first-order chi connectivity index (χ1) is 16.4. The second-order valence-electron chi connectivity index (χ2n) is 8.76. The van der Waals surface area contributed by atoms with Crippen LogP contribution in [-0.2, 0) is 9.59 Å². The van der Waals surface area contributed by atoms with Gasteiger partial charge in [0.1, 0.15) is 16.9 Å². The van der Waals surface area contributed by atoms with Gasteiger partial charge in [-0.1, -0.05) is 66.3 Å². The van der Waals surface area contributed by atoms with Crippen LogP contribution < -0.4 is 5.32 Å². The molecule has 1 aromatic heterocycles. The fraction of sp³-hybridized carbons (Fsp3) is 0.269. The number of nitrogens with zero attached hydrogens (tertiary/aromatic N) is 1. The number of nitrogens with one attached hydrogen (secondary N) is 1. The Labute approximate surface area is 198 Å². The van der Waals surface area contributed by atoms with Crippen molar-refractivity contribution in [3.8, 4) is 0 Å². The van der Waals surface area contributed by atoms with Crippen molar-refractivity contribution in [2.24, 2.45) is 11.8 Å². The number of hydrogen-bond donors (Lipinski definition) is 2. The summed E-state index contributed by atoms with van der Waals surface area (Å²) < 4.78 is 28.3.